The number of aryl methyl sites for hydroxylation is 1. The largest absolute Gasteiger partial charge is 0.370 e. The Labute approximate surface area is 107 Å². The fraction of sp³-hybridized carbons (Fsp3) is 0.214. The van der Waals surface area contributed by atoms with Crippen molar-refractivity contribution in [3.63, 3.8) is 0 Å². The summed E-state index contributed by atoms with van der Waals surface area (Å²) in [6.45, 7) is 2.85. The Bertz CT molecular complexity index is 507. The maximum atomic E-state index is 5.45. The van der Waals surface area contributed by atoms with Gasteiger partial charge in [0.05, 0.1) is 0 Å². The zero-order chi connectivity index (χ0) is 13.0. The molecular formula is C14H18N4. The van der Waals surface area contributed by atoms with Crippen LogP contribution in [-0.4, -0.2) is 12.0 Å². The Kier molecular flexibility index (Phi) is 3.79. The lowest BCUT2D eigenvalue weighted by Crippen LogP contribution is -2.19. The highest BCUT2D eigenvalue weighted by molar-refractivity contribution is 5.50. The summed E-state index contributed by atoms with van der Waals surface area (Å²) in [6.07, 6.45) is 1.73. The maximum absolute atomic E-state index is 5.45. The highest BCUT2D eigenvalue weighted by Gasteiger charge is 2.06. The SMILES string of the molecule is Cc1ccc(N(C)Cc2cccnc2NN)cc1. The first-order valence-corrected chi connectivity index (χ1v) is 5.89. The van der Waals surface area contributed by atoms with Crippen LogP contribution in [0.2, 0.25) is 0 Å². The minimum absolute atomic E-state index is 0.719. The van der Waals surface area contributed by atoms with Crippen LogP contribution in [0.3, 0.4) is 0 Å². The number of benzene rings is 1. The van der Waals surface area contributed by atoms with Gasteiger partial charge in [0, 0.05) is 31.0 Å². The van der Waals surface area contributed by atoms with Gasteiger partial charge < -0.3 is 10.3 Å². The number of anilines is 2. The van der Waals surface area contributed by atoms with Crippen molar-refractivity contribution >= 4 is 11.5 Å². The molecule has 0 bridgehead atoms. The van der Waals surface area contributed by atoms with Crippen molar-refractivity contribution in [1.82, 2.24) is 4.98 Å². The number of hydrogen-bond acceptors (Lipinski definition) is 4. The van der Waals surface area contributed by atoms with Gasteiger partial charge in [0.2, 0.25) is 0 Å². The second-order valence-electron chi connectivity index (χ2n) is 4.35. The predicted octanol–water partition coefficient (Wildman–Crippen LogP) is 2.31. The maximum Gasteiger partial charge on any atom is 0.144 e. The summed E-state index contributed by atoms with van der Waals surface area (Å²) < 4.78 is 0. The van der Waals surface area contributed by atoms with Crippen molar-refractivity contribution in [3.8, 4) is 0 Å². The summed E-state index contributed by atoms with van der Waals surface area (Å²) in [5, 5.41) is 0. The van der Waals surface area contributed by atoms with E-state index >= 15 is 0 Å². The first-order valence-electron chi connectivity index (χ1n) is 5.89. The second-order valence-corrected chi connectivity index (χ2v) is 4.35. The quantitative estimate of drug-likeness (QED) is 0.638. The summed E-state index contributed by atoms with van der Waals surface area (Å²) >= 11 is 0. The average molecular weight is 242 g/mol. The van der Waals surface area contributed by atoms with Gasteiger partial charge in [-0.15, -0.1) is 0 Å². The van der Waals surface area contributed by atoms with Crippen LogP contribution in [0.25, 0.3) is 0 Å². The molecule has 0 saturated carbocycles. The lowest BCUT2D eigenvalue weighted by atomic mass is 10.2. The molecule has 0 aliphatic rings. The minimum atomic E-state index is 0.719. The van der Waals surface area contributed by atoms with E-state index < -0.39 is 0 Å². The van der Waals surface area contributed by atoms with Crippen LogP contribution in [0.15, 0.2) is 42.6 Å². The topological polar surface area (TPSA) is 54.2 Å². The third-order valence-corrected chi connectivity index (χ3v) is 2.91. The molecular weight excluding hydrogens is 224 g/mol. The van der Waals surface area contributed by atoms with Crippen LogP contribution in [-0.2, 0) is 6.54 Å². The van der Waals surface area contributed by atoms with Gasteiger partial charge in [-0.05, 0) is 25.1 Å². The van der Waals surface area contributed by atoms with Crippen LogP contribution >= 0.6 is 0 Å². The van der Waals surface area contributed by atoms with Crippen molar-refractivity contribution in [3.05, 3.63) is 53.7 Å². The number of hydrogen-bond donors (Lipinski definition) is 2. The molecule has 0 aliphatic carbocycles. The fourth-order valence-electron chi connectivity index (χ4n) is 1.84. The van der Waals surface area contributed by atoms with E-state index in [2.05, 4.69) is 53.5 Å². The normalized spacial score (nSPS) is 10.2. The van der Waals surface area contributed by atoms with E-state index in [4.69, 9.17) is 5.84 Å². The molecule has 0 amide bonds. The molecule has 18 heavy (non-hydrogen) atoms. The third-order valence-electron chi connectivity index (χ3n) is 2.91. The summed E-state index contributed by atoms with van der Waals surface area (Å²) in [7, 11) is 2.05. The number of nitrogens with one attached hydrogen (secondary N) is 1. The van der Waals surface area contributed by atoms with Crippen molar-refractivity contribution < 1.29 is 0 Å². The molecule has 0 spiro atoms. The molecule has 2 aromatic rings. The predicted molar refractivity (Wildman–Crippen MR) is 75.3 cm³/mol. The van der Waals surface area contributed by atoms with Crippen LogP contribution in [0.5, 0.6) is 0 Å². The zero-order valence-corrected chi connectivity index (χ0v) is 10.7. The molecule has 0 saturated heterocycles. The second kappa shape index (κ2) is 5.51. The van der Waals surface area contributed by atoms with Gasteiger partial charge in [-0.1, -0.05) is 23.8 Å². The summed E-state index contributed by atoms with van der Waals surface area (Å²) in [5.74, 6) is 6.17. The van der Waals surface area contributed by atoms with Gasteiger partial charge >= 0.3 is 0 Å². The van der Waals surface area contributed by atoms with Gasteiger partial charge in [0.1, 0.15) is 5.82 Å². The van der Waals surface area contributed by atoms with Gasteiger partial charge in [0.25, 0.3) is 0 Å². The molecule has 1 aromatic carbocycles. The van der Waals surface area contributed by atoms with E-state index in [0.717, 1.165) is 17.9 Å². The number of aromatic nitrogens is 1. The molecule has 0 aliphatic heterocycles. The minimum Gasteiger partial charge on any atom is -0.370 e. The molecule has 1 aromatic heterocycles. The molecule has 94 valence electrons. The van der Waals surface area contributed by atoms with Crippen molar-refractivity contribution in [2.75, 3.05) is 17.4 Å². The van der Waals surface area contributed by atoms with Gasteiger partial charge in [-0.2, -0.15) is 0 Å². The number of hydrazine groups is 1. The van der Waals surface area contributed by atoms with E-state index in [-0.39, 0.29) is 0 Å². The van der Waals surface area contributed by atoms with Crippen molar-refractivity contribution in [2.24, 2.45) is 5.84 Å². The molecule has 4 nitrogen and oxygen atoms in total. The summed E-state index contributed by atoms with van der Waals surface area (Å²) in [6, 6.07) is 12.4. The first-order chi connectivity index (χ1) is 8.70. The monoisotopic (exact) mass is 242 g/mol. The Hall–Kier alpha value is -2.07. The standard InChI is InChI=1S/C14H18N4/c1-11-5-7-13(8-6-11)18(2)10-12-4-3-9-16-14(12)17-15/h3-9H,10,15H2,1-2H3,(H,16,17). The van der Waals surface area contributed by atoms with E-state index in [1.54, 1.807) is 6.20 Å². The van der Waals surface area contributed by atoms with E-state index in [1.807, 2.05) is 12.1 Å². The Morgan fingerprint density at radius 3 is 2.61 bits per heavy atom. The smallest absolute Gasteiger partial charge is 0.144 e. The summed E-state index contributed by atoms with van der Waals surface area (Å²) in [4.78, 5) is 6.36. The molecule has 0 atom stereocenters. The lowest BCUT2D eigenvalue weighted by Gasteiger charge is -2.20. The number of nitrogens with two attached hydrogens (primary N) is 1. The lowest BCUT2D eigenvalue weighted by molar-refractivity contribution is 0.914. The molecule has 0 unspecified atom stereocenters. The molecule has 0 fully saturated rings. The van der Waals surface area contributed by atoms with Gasteiger partial charge in [0.15, 0.2) is 0 Å². The number of rotatable bonds is 4. The van der Waals surface area contributed by atoms with Crippen LogP contribution in [0, 0.1) is 6.92 Å². The van der Waals surface area contributed by atoms with Gasteiger partial charge in [-0.3, -0.25) is 0 Å². The number of pyridine rings is 1. The highest BCUT2D eigenvalue weighted by atomic mass is 15.3. The van der Waals surface area contributed by atoms with E-state index in [9.17, 15) is 0 Å². The zero-order valence-electron chi connectivity index (χ0n) is 10.7. The number of nitrogens with zero attached hydrogens (tertiary/aromatic N) is 2. The molecule has 3 N–H and O–H groups in total. The Morgan fingerprint density at radius 2 is 1.94 bits per heavy atom. The first kappa shape index (κ1) is 12.4. The fourth-order valence-corrected chi connectivity index (χ4v) is 1.84. The Balaban J connectivity index is 2.15. The van der Waals surface area contributed by atoms with Crippen LogP contribution in [0.4, 0.5) is 11.5 Å². The molecule has 4 heteroatoms. The molecule has 0 radical (unpaired) electrons. The van der Waals surface area contributed by atoms with Gasteiger partial charge in [-0.25, -0.2) is 10.8 Å². The third kappa shape index (κ3) is 2.78. The number of nitrogen functional groups attached to an aromatic ring is 1. The molecule has 2 rings (SSSR count). The van der Waals surface area contributed by atoms with E-state index in [1.165, 1.54) is 11.3 Å². The van der Waals surface area contributed by atoms with Crippen molar-refractivity contribution in [1.29, 1.82) is 0 Å². The summed E-state index contributed by atoms with van der Waals surface area (Å²) in [5.41, 5.74) is 6.13. The molecule has 1 heterocycles. The van der Waals surface area contributed by atoms with Crippen molar-refractivity contribution in [2.45, 2.75) is 13.5 Å². The average Bonchev–Trinajstić information content (AvgIpc) is 2.40. The Morgan fingerprint density at radius 1 is 1.22 bits per heavy atom. The highest BCUT2D eigenvalue weighted by Crippen LogP contribution is 2.18. The van der Waals surface area contributed by atoms with E-state index in [0.29, 0.717) is 0 Å². The van der Waals surface area contributed by atoms with Crippen LogP contribution < -0.4 is 16.2 Å². The van der Waals surface area contributed by atoms with Crippen LogP contribution in [0.1, 0.15) is 11.1 Å².